The van der Waals surface area contributed by atoms with Crippen LogP contribution >= 0.6 is 15.9 Å². The SMILES string of the molecule is Cc1ccc(Br)cc1OCc1ccc(C(=O)O)o1. The molecule has 18 heavy (non-hydrogen) atoms. The molecule has 94 valence electrons. The molecule has 0 bridgehead atoms. The van der Waals surface area contributed by atoms with E-state index >= 15 is 0 Å². The maximum absolute atomic E-state index is 10.6. The van der Waals surface area contributed by atoms with Gasteiger partial charge in [0.25, 0.3) is 0 Å². The normalized spacial score (nSPS) is 10.3. The summed E-state index contributed by atoms with van der Waals surface area (Å²) in [5.41, 5.74) is 1.00. The molecule has 0 fully saturated rings. The summed E-state index contributed by atoms with van der Waals surface area (Å²) in [6.07, 6.45) is 0. The van der Waals surface area contributed by atoms with Crippen molar-refractivity contribution >= 4 is 21.9 Å². The number of hydrogen-bond donors (Lipinski definition) is 1. The summed E-state index contributed by atoms with van der Waals surface area (Å²) in [5, 5.41) is 8.72. The highest BCUT2D eigenvalue weighted by molar-refractivity contribution is 9.10. The van der Waals surface area contributed by atoms with E-state index in [4.69, 9.17) is 14.3 Å². The molecule has 5 heteroatoms. The molecule has 0 radical (unpaired) electrons. The van der Waals surface area contributed by atoms with E-state index in [1.807, 2.05) is 25.1 Å². The van der Waals surface area contributed by atoms with E-state index in [-0.39, 0.29) is 12.4 Å². The molecule has 0 atom stereocenters. The second-order valence-electron chi connectivity index (χ2n) is 3.77. The van der Waals surface area contributed by atoms with E-state index in [0.717, 1.165) is 15.8 Å². The van der Waals surface area contributed by atoms with E-state index in [1.54, 1.807) is 6.07 Å². The Morgan fingerprint density at radius 1 is 1.39 bits per heavy atom. The van der Waals surface area contributed by atoms with Gasteiger partial charge in [0.05, 0.1) is 0 Å². The lowest BCUT2D eigenvalue weighted by Crippen LogP contribution is -1.96. The molecule has 0 aliphatic carbocycles. The smallest absolute Gasteiger partial charge is 0.371 e. The van der Waals surface area contributed by atoms with Crippen LogP contribution in [0, 0.1) is 6.92 Å². The molecule has 2 aromatic rings. The van der Waals surface area contributed by atoms with Gasteiger partial charge in [0.15, 0.2) is 0 Å². The molecule has 0 saturated carbocycles. The number of benzene rings is 1. The van der Waals surface area contributed by atoms with E-state index in [1.165, 1.54) is 6.07 Å². The van der Waals surface area contributed by atoms with Gasteiger partial charge in [-0.1, -0.05) is 22.0 Å². The highest BCUT2D eigenvalue weighted by Crippen LogP contribution is 2.24. The van der Waals surface area contributed by atoms with Gasteiger partial charge < -0.3 is 14.3 Å². The maximum atomic E-state index is 10.6. The number of rotatable bonds is 4. The Hall–Kier alpha value is -1.75. The van der Waals surface area contributed by atoms with Gasteiger partial charge in [-0.25, -0.2) is 4.79 Å². The lowest BCUT2D eigenvalue weighted by molar-refractivity contribution is 0.0658. The summed E-state index contributed by atoms with van der Waals surface area (Å²) >= 11 is 3.36. The second kappa shape index (κ2) is 5.27. The third-order valence-corrected chi connectivity index (χ3v) is 2.89. The summed E-state index contributed by atoms with van der Waals surface area (Å²) in [6, 6.07) is 8.73. The van der Waals surface area contributed by atoms with Crippen LogP contribution in [-0.2, 0) is 6.61 Å². The van der Waals surface area contributed by atoms with Gasteiger partial charge in [-0.05, 0) is 36.8 Å². The van der Waals surface area contributed by atoms with Crippen molar-refractivity contribution in [3.63, 3.8) is 0 Å². The van der Waals surface area contributed by atoms with E-state index in [9.17, 15) is 4.79 Å². The van der Waals surface area contributed by atoms with Gasteiger partial charge in [0.2, 0.25) is 5.76 Å². The topological polar surface area (TPSA) is 59.7 Å². The molecule has 0 aliphatic rings. The zero-order valence-corrected chi connectivity index (χ0v) is 11.2. The van der Waals surface area contributed by atoms with Crippen molar-refractivity contribution in [2.75, 3.05) is 0 Å². The van der Waals surface area contributed by atoms with Crippen LogP contribution in [0.5, 0.6) is 5.75 Å². The minimum Gasteiger partial charge on any atom is -0.485 e. The van der Waals surface area contributed by atoms with Gasteiger partial charge in [0.1, 0.15) is 18.1 Å². The van der Waals surface area contributed by atoms with Crippen LogP contribution in [0.4, 0.5) is 0 Å². The van der Waals surface area contributed by atoms with Crippen LogP contribution in [0.2, 0.25) is 0 Å². The Bertz CT molecular complexity index is 574. The zero-order chi connectivity index (χ0) is 13.1. The number of ether oxygens (including phenoxy) is 1. The largest absolute Gasteiger partial charge is 0.485 e. The average molecular weight is 311 g/mol. The first-order chi connectivity index (χ1) is 8.56. The summed E-state index contributed by atoms with van der Waals surface area (Å²) in [5.74, 6) is 0.0453. The molecule has 0 amide bonds. The lowest BCUT2D eigenvalue weighted by atomic mass is 10.2. The summed E-state index contributed by atoms with van der Waals surface area (Å²) in [6.45, 7) is 2.14. The number of carboxylic acid groups (broad SMARTS) is 1. The molecule has 4 nitrogen and oxygen atoms in total. The van der Waals surface area contributed by atoms with E-state index in [0.29, 0.717) is 5.76 Å². The van der Waals surface area contributed by atoms with Gasteiger partial charge in [-0.3, -0.25) is 0 Å². The molecular weight excluding hydrogens is 300 g/mol. The monoisotopic (exact) mass is 310 g/mol. The van der Waals surface area contributed by atoms with E-state index < -0.39 is 5.97 Å². The number of aryl methyl sites for hydroxylation is 1. The molecule has 1 aromatic heterocycles. The molecule has 0 spiro atoms. The minimum atomic E-state index is -1.08. The fourth-order valence-corrected chi connectivity index (χ4v) is 1.79. The number of carbonyl (C=O) groups is 1. The number of furan rings is 1. The predicted octanol–water partition coefficient (Wildman–Crippen LogP) is 3.63. The number of carboxylic acids is 1. The quantitative estimate of drug-likeness (QED) is 0.936. The Morgan fingerprint density at radius 3 is 2.83 bits per heavy atom. The lowest BCUT2D eigenvalue weighted by Gasteiger charge is -2.07. The molecule has 1 heterocycles. The first kappa shape index (κ1) is 12.7. The van der Waals surface area contributed by atoms with Crippen molar-refractivity contribution in [1.82, 2.24) is 0 Å². The molecule has 1 aromatic carbocycles. The Labute approximate surface area is 112 Å². The Morgan fingerprint density at radius 2 is 2.17 bits per heavy atom. The number of halogens is 1. The van der Waals surface area contributed by atoms with Crippen LogP contribution in [0.1, 0.15) is 21.9 Å². The molecule has 2 rings (SSSR count). The number of hydrogen-bond acceptors (Lipinski definition) is 3. The van der Waals surface area contributed by atoms with Crippen molar-refractivity contribution in [2.45, 2.75) is 13.5 Å². The molecule has 0 aliphatic heterocycles. The van der Waals surface area contributed by atoms with Crippen molar-refractivity contribution in [3.8, 4) is 5.75 Å². The first-order valence-electron chi connectivity index (χ1n) is 5.27. The first-order valence-corrected chi connectivity index (χ1v) is 6.06. The summed E-state index contributed by atoms with van der Waals surface area (Å²) < 4.78 is 11.6. The molecular formula is C13H11BrO4. The molecule has 1 N–H and O–H groups in total. The maximum Gasteiger partial charge on any atom is 0.371 e. The minimum absolute atomic E-state index is 0.0837. The van der Waals surface area contributed by atoms with Crippen molar-refractivity contribution < 1.29 is 19.1 Å². The summed E-state index contributed by atoms with van der Waals surface area (Å²) in [7, 11) is 0. The van der Waals surface area contributed by atoms with Crippen LogP contribution in [-0.4, -0.2) is 11.1 Å². The third kappa shape index (κ3) is 2.92. The zero-order valence-electron chi connectivity index (χ0n) is 9.64. The Kier molecular flexibility index (Phi) is 3.72. The van der Waals surface area contributed by atoms with Gasteiger partial charge in [0, 0.05) is 4.47 Å². The predicted molar refractivity (Wildman–Crippen MR) is 68.9 cm³/mol. The fraction of sp³-hybridized carbons (Fsp3) is 0.154. The van der Waals surface area contributed by atoms with Crippen LogP contribution < -0.4 is 4.74 Å². The molecule has 0 saturated heterocycles. The van der Waals surface area contributed by atoms with Crippen molar-refractivity contribution in [3.05, 3.63) is 51.9 Å². The van der Waals surface area contributed by atoms with Crippen LogP contribution in [0.25, 0.3) is 0 Å². The summed E-state index contributed by atoms with van der Waals surface area (Å²) in [4.78, 5) is 10.6. The van der Waals surface area contributed by atoms with Crippen molar-refractivity contribution in [1.29, 1.82) is 0 Å². The fourth-order valence-electron chi connectivity index (χ4n) is 1.45. The standard InChI is InChI=1S/C13H11BrO4/c1-8-2-3-9(14)6-12(8)17-7-10-4-5-11(18-10)13(15)16/h2-6H,7H2,1H3,(H,15,16). The van der Waals surface area contributed by atoms with Crippen LogP contribution in [0.3, 0.4) is 0 Å². The average Bonchev–Trinajstić information content (AvgIpc) is 2.79. The second-order valence-corrected chi connectivity index (χ2v) is 4.69. The van der Waals surface area contributed by atoms with Gasteiger partial charge in [-0.2, -0.15) is 0 Å². The Balaban J connectivity index is 2.06. The number of aromatic carboxylic acids is 1. The third-order valence-electron chi connectivity index (χ3n) is 2.39. The highest BCUT2D eigenvalue weighted by Gasteiger charge is 2.09. The van der Waals surface area contributed by atoms with Gasteiger partial charge >= 0.3 is 5.97 Å². The van der Waals surface area contributed by atoms with E-state index in [2.05, 4.69) is 15.9 Å². The van der Waals surface area contributed by atoms with Crippen molar-refractivity contribution in [2.24, 2.45) is 0 Å². The van der Waals surface area contributed by atoms with Crippen LogP contribution in [0.15, 0.2) is 39.2 Å². The van der Waals surface area contributed by atoms with Gasteiger partial charge in [-0.15, -0.1) is 0 Å². The highest BCUT2D eigenvalue weighted by atomic mass is 79.9. The molecule has 0 unspecified atom stereocenters.